The summed E-state index contributed by atoms with van der Waals surface area (Å²) in [7, 11) is -3.36. The number of alkyl halides is 3. The van der Waals surface area contributed by atoms with Gasteiger partial charge in [0.25, 0.3) is 11.8 Å². The molecule has 0 spiro atoms. The lowest BCUT2D eigenvalue weighted by molar-refractivity contribution is -0.140. The van der Waals surface area contributed by atoms with E-state index in [-0.39, 0.29) is 22.0 Å². The summed E-state index contributed by atoms with van der Waals surface area (Å²) in [5, 5.41) is 11.0. The number of hydrogen-bond donors (Lipinski definition) is 2. The molecule has 0 saturated carbocycles. The lowest BCUT2D eigenvalue weighted by atomic mass is 10.1. The molecule has 0 fully saturated rings. The molecule has 1 atom stereocenters. The van der Waals surface area contributed by atoms with Gasteiger partial charge in [0.05, 0.1) is 21.0 Å². The van der Waals surface area contributed by atoms with E-state index in [0.717, 1.165) is 30.5 Å². The maximum absolute atomic E-state index is 15.0. The van der Waals surface area contributed by atoms with Crippen molar-refractivity contribution in [3.8, 4) is 11.5 Å². The Morgan fingerprint density at radius 3 is 2.41 bits per heavy atom. The van der Waals surface area contributed by atoms with E-state index in [1.54, 1.807) is 0 Å². The third-order valence-electron chi connectivity index (χ3n) is 4.80. The van der Waals surface area contributed by atoms with Gasteiger partial charge in [0, 0.05) is 16.8 Å². The van der Waals surface area contributed by atoms with Gasteiger partial charge in [0.1, 0.15) is 23.7 Å². The number of aliphatic hydroxyl groups excluding tert-OH is 1. The van der Waals surface area contributed by atoms with E-state index in [1.807, 2.05) is 0 Å². The van der Waals surface area contributed by atoms with Crippen molar-refractivity contribution in [3.05, 3.63) is 77.1 Å². The van der Waals surface area contributed by atoms with E-state index in [0.29, 0.717) is 6.07 Å². The summed E-state index contributed by atoms with van der Waals surface area (Å²) in [6, 6.07) is 8.13. The fourth-order valence-electron chi connectivity index (χ4n) is 3.10. The quantitative estimate of drug-likeness (QED) is 0.344. The number of halogens is 5. The summed E-state index contributed by atoms with van der Waals surface area (Å²) in [5.74, 6) is -5.94. The van der Waals surface area contributed by atoms with Crippen molar-refractivity contribution in [2.75, 3.05) is 18.2 Å². The Balaban J connectivity index is 2.06. The summed E-state index contributed by atoms with van der Waals surface area (Å²) in [4.78, 5) is 27.8. The standard InChI is InChI=1S/C23H18F5N3O5S/c1-12-16(8-9-18(24)29-12)36-17-7-6-15(23(26,27)28)21(25)20(17)22(34)30-13-4-3-5-14(10-13)37(2,35)31-19(33)11-32/h3-10,32H,11H2,1-2H3,(H,30,34)/t37-/m1/s1. The molecule has 2 N–H and O–H groups in total. The molecule has 37 heavy (non-hydrogen) atoms. The van der Waals surface area contributed by atoms with Crippen molar-refractivity contribution in [2.45, 2.75) is 18.0 Å². The van der Waals surface area contributed by atoms with Gasteiger partial charge < -0.3 is 15.2 Å². The zero-order valence-corrected chi connectivity index (χ0v) is 19.9. The molecular weight excluding hydrogens is 525 g/mol. The van der Waals surface area contributed by atoms with Gasteiger partial charge in [-0.15, -0.1) is 0 Å². The monoisotopic (exact) mass is 543 g/mol. The first-order valence-corrected chi connectivity index (χ1v) is 12.1. The van der Waals surface area contributed by atoms with Gasteiger partial charge in [-0.25, -0.2) is 13.6 Å². The van der Waals surface area contributed by atoms with Crippen LogP contribution in [0.15, 0.2) is 57.8 Å². The molecule has 14 heteroatoms. The smallest absolute Gasteiger partial charge is 0.419 e. The molecule has 3 rings (SSSR count). The van der Waals surface area contributed by atoms with Gasteiger partial charge in [-0.3, -0.25) is 9.59 Å². The van der Waals surface area contributed by atoms with Crippen LogP contribution in [-0.2, 0) is 20.7 Å². The topological polar surface area (TPSA) is 118 Å². The van der Waals surface area contributed by atoms with E-state index in [9.17, 15) is 31.4 Å². The predicted molar refractivity (Wildman–Crippen MR) is 122 cm³/mol. The van der Waals surface area contributed by atoms with E-state index in [4.69, 9.17) is 9.84 Å². The number of nitrogens with one attached hydrogen (secondary N) is 1. The Hall–Kier alpha value is -3.91. The minimum absolute atomic E-state index is 0.0155. The number of ether oxygens (including phenoxy) is 1. The Bertz CT molecular complexity index is 1500. The van der Waals surface area contributed by atoms with Crippen LogP contribution in [0.3, 0.4) is 0 Å². The molecule has 3 aromatic rings. The van der Waals surface area contributed by atoms with E-state index >= 15 is 4.39 Å². The van der Waals surface area contributed by atoms with Gasteiger partial charge in [-0.05, 0) is 49.4 Å². The van der Waals surface area contributed by atoms with Crippen molar-refractivity contribution in [1.82, 2.24) is 4.98 Å². The molecule has 0 aliphatic carbocycles. The van der Waals surface area contributed by atoms with E-state index in [1.165, 1.54) is 25.1 Å². The Morgan fingerprint density at radius 1 is 1.11 bits per heavy atom. The first-order valence-electron chi connectivity index (χ1n) is 10.2. The maximum Gasteiger partial charge on any atom is 0.419 e. The summed E-state index contributed by atoms with van der Waals surface area (Å²) in [5.41, 5.74) is -2.98. The largest absolute Gasteiger partial charge is 0.455 e. The molecule has 0 saturated heterocycles. The van der Waals surface area contributed by atoms with Gasteiger partial charge in [-0.2, -0.15) is 21.9 Å². The lowest BCUT2D eigenvalue weighted by Crippen LogP contribution is -2.19. The second kappa shape index (κ2) is 10.6. The third-order valence-corrected chi connectivity index (χ3v) is 6.48. The highest BCUT2D eigenvalue weighted by molar-refractivity contribution is 7.93. The third kappa shape index (κ3) is 6.46. The molecule has 196 valence electrons. The van der Waals surface area contributed by atoms with Crippen LogP contribution < -0.4 is 10.1 Å². The number of anilines is 1. The average molecular weight is 543 g/mol. The molecule has 0 aliphatic rings. The van der Waals surface area contributed by atoms with E-state index in [2.05, 4.69) is 14.7 Å². The number of carbonyl (C=O) groups is 2. The summed E-state index contributed by atoms with van der Waals surface area (Å²) in [6.45, 7) is 0.348. The summed E-state index contributed by atoms with van der Waals surface area (Å²) in [6.07, 6.45) is -4.04. The zero-order valence-electron chi connectivity index (χ0n) is 19.1. The zero-order chi connectivity index (χ0) is 27.5. The number of pyridine rings is 1. The number of amides is 2. The van der Waals surface area contributed by atoms with Crippen LogP contribution in [0.25, 0.3) is 0 Å². The molecule has 0 unspecified atom stereocenters. The summed E-state index contributed by atoms with van der Waals surface area (Å²) < 4.78 is 90.0. The molecular formula is C23H18F5N3O5S. The molecule has 8 nitrogen and oxygen atoms in total. The molecule has 2 amide bonds. The highest BCUT2D eigenvalue weighted by atomic mass is 32.2. The Morgan fingerprint density at radius 2 is 1.78 bits per heavy atom. The first-order chi connectivity index (χ1) is 17.2. The van der Waals surface area contributed by atoms with Gasteiger partial charge >= 0.3 is 6.18 Å². The Labute approximate surface area is 207 Å². The van der Waals surface area contributed by atoms with Crippen molar-refractivity contribution in [1.29, 1.82) is 0 Å². The number of hydrogen-bond acceptors (Lipinski definition) is 6. The van der Waals surface area contributed by atoms with Gasteiger partial charge in [-0.1, -0.05) is 6.07 Å². The molecule has 0 aliphatic heterocycles. The second-order valence-electron chi connectivity index (χ2n) is 7.55. The van der Waals surface area contributed by atoms with Crippen molar-refractivity contribution >= 4 is 27.2 Å². The molecule has 2 aromatic carbocycles. The molecule has 1 aromatic heterocycles. The van der Waals surface area contributed by atoms with Crippen LogP contribution in [0, 0.1) is 18.7 Å². The maximum atomic E-state index is 15.0. The predicted octanol–water partition coefficient (Wildman–Crippen LogP) is 4.71. The number of aliphatic hydroxyl groups is 1. The molecule has 0 bridgehead atoms. The number of benzene rings is 2. The van der Waals surface area contributed by atoms with Crippen LogP contribution in [0.4, 0.5) is 27.6 Å². The summed E-state index contributed by atoms with van der Waals surface area (Å²) >= 11 is 0. The minimum atomic E-state index is -5.14. The fourth-order valence-corrected chi connectivity index (χ4v) is 4.33. The molecule has 1 heterocycles. The number of carbonyl (C=O) groups excluding carboxylic acids is 2. The fraction of sp³-hybridized carbons (Fsp3) is 0.174. The lowest BCUT2D eigenvalue weighted by Gasteiger charge is -2.17. The van der Waals surface area contributed by atoms with Crippen LogP contribution in [-0.4, -0.2) is 39.0 Å². The SMILES string of the molecule is Cc1nc(F)ccc1Oc1ccc(C(F)(F)F)c(F)c1C(=O)Nc1cccc([S@@](C)(=O)=NC(=O)CO)c1. The normalized spacial score (nSPS) is 13.0. The Kier molecular flexibility index (Phi) is 7.93. The van der Waals surface area contributed by atoms with Crippen LogP contribution >= 0.6 is 0 Å². The minimum Gasteiger partial charge on any atom is -0.455 e. The van der Waals surface area contributed by atoms with Gasteiger partial charge in [0.15, 0.2) is 5.82 Å². The number of aryl methyl sites for hydroxylation is 1. The highest BCUT2D eigenvalue weighted by Crippen LogP contribution is 2.38. The molecule has 0 radical (unpaired) electrons. The van der Waals surface area contributed by atoms with Crippen molar-refractivity contribution in [2.24, 2.45) is 4.36 Å². The van der Waals surface area contributed by atoms with Gasteiger partial charge in [0.2, 0.25) is 5.95 Å². The number of aromatic nitrogens is 1. The van der Waals surface area contributed by atoms with Crippen LogP contribution in [0.2, 0.25) is 0 Å². The highest BCUT2D eigenvalue weighted by Gasteiger charge is 2.37. The second-order valence-corrected chi connectivity index (χ2v) is 9.80. The van der Waals surface area contributed by atoms with Crippen molar-refractivity contribution < 1.29 is 45.6 Å². The number of nitrogens with zero attached hydrogens (tertiary/aromatic N) is 2. The van der Waals surface area contributed by atoms with Crippen LogP contribution in [0.1, 0.15) is 21.6 Å². The van der Waals surface area contributed by atoms with Crippen LogP contribution in [0.5, 0.6) is 11.5 Å². The van der Waals surface area contributed by atoms with Crippen molar-refractivity contribution in [3.63, 3.8) is 0 Å². The first kappa shape index (κ1) is 27.7. The average Bonchev–Trinajstić information content (AvgIpc) is 2.80. The number of rotatable bonds is 6. The van der Waals surface area contributed by atoms with E-state index < -0.39 is 63.0 Å².